The summed E-state index contributed by atoms with van der Waals surface area (Å²) >= 11 is 1.59. The smallest absolute Gasteiger partial charge is 0.253 e. The first kappa shape index (κ1) is 59.3. The van der Waals surface area contributed by atoms with E-state index in [1.54, 1.807) is 11.3 Å². The molecule has 0 unspecified atom stereocenters. The molecule has 0 radical (unpaired) electrons. The molecule has 3 atom stereocenters. The number of aliphatic hydroxyl groups excluding tert-OH is 1. The van der Waals surface area contributed by atoms with Crippen molar-refractivity contribution in [3.8, 4) is 21.6 Å². The van der Waals surface area contributed by atoms with Crippen molar-refractivity contribution in [1.29, 1.82) is 0 Å². The first-order chi connectivity index (χ1) is 39.0. The number of piperazine rings is 1. The number of likely N-dealkylation sites (tertiary alicyclic amines) is 1. The zero-order chi connectivity index (χ0) is 57.2. The quantitative estimate of drug-likeness (QED) is 0.0424. The second kappa shape index (κ2) is 27.2. The monoisotopic (exact) mass is 1120 g/mol. The molecule has 3 aromatic heterocycles. The second-order valence-electron chi connectivity index (χ2n) is 23.6. The number of benzene rings is 3. The molecular weight excluding hydrogens is 1040 g/mol. The molecule has 3 aliphatic rings. The molecule has 2 saturated heterocycles. The van der Waals surface area contributed by atoms with Crippen LogP contribution in [0.4, 0.5) is 0 Å². The Morgan fingerprint density at radius 3 is 2.22 bits per heavy atom. The highest BCUT2D eigenvalue weighted by Gasteiger charge is 2.44. The topological polar surface area (TPSA) is 191 Å². The lowest BCUT2D eigenvalue weighted by atomic mass is 9.85. The number of ketones is 1. The Morgan fingerprint density at radius 1 is 0.840 bits per heavy atom. The molecular formula is C64H82N8O8S. The lowest BCUT2D eigenvalue weighted by Gasteiger charge is -2.35. The highest BCUT2D eigenvalue weighted by Crippen LogP contribution is 2.37. The summed E-state index contributed by atoms with van der Waals surface area (Å²) < 4.78 is 14.1. The highest BCUT2D eigenvalue weighted by molar-refractivity contribution is 7.13. The van der Waals surface area contributed by atoms with Crippen LogP contribution in [0.1, 0.15) is 122 Å². The number of Topliss-reactive ketones (excluding diaryl/α,β-unsaturated/α-hetero) is 1. The number of carbonyl (C=O) groups is 4. The molecule has 9 rings (SSSR count). The van der Waals surface area contributed by atoms with Gasteiger partial charge in [0.05, 0.1) is 34.8 Å². The van der Waals surface area contributed by atoms with Crippen LogP contribution in [0.25, 0.3) is 32.5 Å². The maximum Gasteiger partial charge on any atom is 0.253 e. The molecule has 5 heterocycles. The van der Waals surface area contributed by atoms with E-state index in [4.69, 9.17) is 9.47 Å². The fraction of sp³-hybridized carbons (Fsp3) is 0.500. The van der Waals surface area contributed by atoms with Gasteiger partial charge in [-0.15, -0.1) is 11.3 Å². The number of hydrogen-bond acceptors (Lipinski definition) is 12. The van der Waals surface area contributed by atoms with Gasteiger partial charge in [-0.3, -0.25) is 33.8 Å². The van der Waals surface area contributed by atoms with E-state index >= 15 is 0 Å². The highest BCUT2D eigenvalue weighted by atomic mass is 32.1. The Morgan fingerprint density at radius 2 is 1.53 bits per heavy atom. The van der Waals surface area contributed by atoms with Crippen LogP contribution in [0.15, 0.2) is 89.3 Å². The summed E-state index contributed by atoms with van der Waals surface area (Å²) in [5, 5.41) is 17.5. The number of amides is 3. The molecule has 0 spiro atoms. The number of hydrogen-bond donors (Lipinski definition) is 4. The number of unbranched alkanes of at least 4 members (excludes halogenated alkanes) is 1. The van der Waals surface area contributed by atoms with Crippen LogP contribution in [-0.4, -0.2) is 142 Å². The molecule has 3 amide bonds. The first-order valence-corrected chi connectivity index (χ1v) is 30.0. The molecule has 81 heavy (non-hydrogen) atoms. The van der Waals surface area contributed by atoms with Crippen molar-refractivity contribution < 1.29 is 33.8 Å². The molecule has 3 aromatic carbocycles. The Labute approximate surface area is 480 Å². The average molecular weight is 1120 g/mol. The van der Waals surface area contributed by atoms with Gasteiger partial charge in [-0.2, -0.15) is 0 Å². The Balaban J connectivity index is 0.663. The van der Waals surface area contributed by atoms with E-state index in [9.17, 15) is 29.1 Å². The molecule has 3 fully saturated rings. The van der Waals surface area contributed by atoms with Crippen molar-refractivity contribution in [3.05, 3.63) is 134 Å². The van der Waals surface area contributed by atoms with E-state index in [0.29, 0.717) is 43.4 Å². The Kier molecular flexibility index (Phi) is 19.9. The third kappa shape index (κ3) is 15.2. The zero-order valence-electron chi connectivity index (χ0n) is 48.2. The SMILES string of the molecule is Cc1cc(C)c(CNC(=O)c2cc(-c3ccc(CN4CCN(CCOCCCCOCC(=O)N[C@H](C(=O)N5C[C@H](O)C[C@H]5C(=O)CCc5ccc(-c6scnc6C)cc5)C(C)(C)C)CC4)cc3)cc3c2ccn3C2CCCC2)c(=O)[nH]1. The number of aromatic amines is 1. The van der Waals surface area contributed by atoms with Crippen LogP contribution in [-0.2, 0) is 43.4 Å². The van der Waals surface area contributed by atoms with Crippen LogP contribution >= 0.6 is 11.3 Å². The van der Waals surface area contributed by atoms with Gasteiger partial charge in [0.25, 0.3) is 11.5 Å². The van der Waals surface area contributed by atoms with Crippen LogP contribution in [0, 0.1) is 26.2 Å². The maximum absolute atomic E-state index is 14.1. The number of aliphatic hydroxyl groups is 1. The number of β-amino-alcohol motifs (C(OH)–C–C–N with tert-alkyl or cyclic N) is 1. The fourth-order valence-electron chi connectivity index (χ4n) is 11.8. The minimum absolute atomic E-state index is 0.0407. The lowest BCUT2D eigenvalue weighted by Crippen LogP contribution is -2.57. The maximum atomic E-state index is 14.1. The summed E-state index contributed by atoms with van der Waals surface area (Å²) in [5.41, 5.74) is 11.3. The number of thiazole rings is 1. The van der Waals surface area contributed by atoms with Gasteiger partial charge in [0.1, 0.15) is 12.6 Å². The molecule has 17 heteroatoms. The number of ether oxygens (including phenoxy) is 2. The molecule has 432 valence electrons. The molecule has 0 bridgehead atoms. The summed E-state index contributed by atoms with van der Waals surface area (Å²) in [5.74, 6) is -1.08. The number of H-pyrrole nitrogens is 1. The van der Waals surface area contributed by atoms with Gasteiger partial charge in [-0.05, 0) is 116 Å². The van der Waals surface area contributed by atoms with Crippen LogP contribution in [0.2, 0.25) is 0 Å². The van der Waals surface area contributed by atoms with E-state index in [0.717, 1.165) is 120 Å². The number of nitrogens with zero attached hydrogens (tertiary/aromatic N) is 5. The Bertz CT molecular complexity index is 3180. The normalized spacial score (nSPS) is 17.7. The fourth-order valence-corrected chi connectivity index (χ4v) is 12.6. The van der Waals surface area contributed by atoms with Gasteiger partial charge in [0, 0.05) is 118 Å². The number of pyridine rings is 1. The Hall–Kier alpha value is -6.34. The number of nitrogens with one attached hydrogen (secondary N) is 3. The van der Waals surface area contributed by atoms with Gasteiger partial charge in [-0.25, -0.2) is 4.98 Å². The summed E-state index contributed by atoms with van der Waals surface area (Å²) in [6.45, 7) is 18.6. The van der Waals surface area contributed by atoms with Crippen LogP contribution < -0.4 is 16.2 Å². The number of fused-ring (bicyclic) bond motifs is 1. The lowest BCUT2D eigenvalue weighted by molar-refractivity contribution is -0.144. The minimum atomic E-state index is -0.908. The largest absolute Gasteiger partial charge is 0.391 e. The van der Waals surface area contributed by atoms with Crippen LogP contribution in [0.3, 0.4) is 0 Å². The summed E-state index contributed by atoms with van der Waals surface area (Å²) in [4.78, 5) is 82.3. The zero-order valence-corrected chi connectivity index (χ0v) is 49.0. The van der Waals surface area contributed by atoms with Crippen LogP contribution in [0.5, 0.6) is 0 Å². The van der Waals surface area contributed by atoms with Crippen molar-refractivity contribution in [2.24, 2.45) is 5.41 Å². The van der Waals surface area contributed by atoms with E-state index in [1.165, 1.54) is 23.3 Å². The minimum Gasteiger partial charge on any atom is -0.391 e. The summed E-state index contributed by atoms with van der Waals surface area (Å²) in [7, 11) is 0. The van der Waals surface area contributed by atoms with Gasteiger partial charge in [0.2, 0.25) is 11.8 Å². The molecule has 1 saturated carbocycles. The predicted octanol–water partition coefficient (Wildman–Crippen LogP) is 8.72. The number of carbonyl (C=O) groups excluding carboxylic acids is 4. The standard InChI is InChI=1S/C64H82N8O8S/c1-42-33-43(2)67-62(77)54(42)37-65-61(76)53-34-49(35-55-52(53)23-24-71(55)50-11-7-8-12-50)47-18-15-46(16-19-47)38-70-27-25-69(26-28-70)29-32-79-30-9-10-31-80-40-58(75)68-60(64(4,5)6)63(78)72-39-51(73)36-56(72)57(74)22-17-45-13-20-48(21-14-45)59-44(3)66-41-81-59/h13-16,18-21,23-24,33-35,41,50-51,56,60,73H,7-12,17,22,25-32,36-40H2,1-6H3,(H,65,76)(H,67,77)(H,68,75)/t51-,56+,60-/m1/s1. The molecule has 16 nitrogen and oxygen atoms in total. The first-order valence-electron chi connectivity index (χ1n) is 29.1. The van der Waals surface area contributed by atoms with Crippen molar-refractivity contribution in [2.75, 3.05) is 65.7 Å². The average Bonchev–Trinajstić information content (AvgIpc) is 4.37. The molecule has 4 N–H and O–H groups in total. The number of rotatable bonds is 24. The van der Waals surface area contributed by atoms with Gasteiger partial charge >= 0.3 is 0 Å². The van der Waals surface area contributed by atoms with Gasteiger partial charge < -0.3 is 39.7 Å². The summed E-state index contributed by atoms with van der Waals surface area (Å²) in [6.07, 6.45) is 8.43. The van der Waals surface area contributed by atoms with Crippen molar-refractivity contribution >= 4 is 45.7 Å². The van der Waals surface area contributed by atoms with E-state index in [-0.39, 0.29) is 55.7 Å². The third-order valence-corrected chi connectivity index (χ3v) is 17.4. The number of aromatic nitrogens is 3. The van der Waals surface area contributed by atoms with E-state index in [1.807, 2.05) is 83.5 Å². The number of aryl methyl sites for hydroxylation is 4. The second-order valence-corrected chi connectivity index (χ2v) is 24.5. The summed E-state index contributed by atoms with van der Waals surface area (Å²) in [6, 6.07) is 23.8. The molecule has 6 aromatic rings. The van der Waals surface area contributed by atoms with E-state index in [2.05, 4.69) is 77.6 Å². The van der Waals surface area contributed by atoms with E-state index < -0.39 is 29.5 Å². The van der Waals surface area contributed by atoms with Crippen molar-refractivity contribution in [2.45, 2.75) is 137 Å². The predicted molar refractivity (Wildman–Crippen MR) is 318 cm³/mol. The van der Waals surface area contributed by atoms with Crippen molar-refractivity contribution in [3.63, 3.8) is 0 Å². The van der Waals surface area contributed by atoms with Gasteiger partial charge in [0.15, 0.2) is 5.78 Å². The van der Waals surface area contributed by atoms with Crippen molar-refractivity contribution in [1.82, 2.24) is 39.9 Å². The third-order valence-electron chi connectivity index (χ3n) is 16.5. The van der Waals surface area contributed by atoms with Gasteiger partial charge in [-0.1, -0.05) is 82.1 Å². The molecule has 1 aliphatic carbocycles. The molecule has 2 aliphatic heterocycles.